The van der Waals surface area contributed by atoms with Crippen LogP contribution in [0.3, 0.4) is 0 Å². The SMILES string of the molecule is CC(CC(=O)N(C)Cc1cccc(Br)c1)C1CCCNC1.Cl. The van der Waals surface area contributed by atoms with Gasteiger partial charge in [-0.3, -0.25) is 4.79 Å². The lowest BCUT2D eigenvalue weighted by Crippen LogP contribution is -2.36. The van der Waals surface area contributed by atoms with Crippen molar-refractivity contribution >= 4 is 34.2 Å². The van der Waals surface area contributed by atoms with E-state index in [1.54, 1.807) is 0 Å². The highest BCUT2D eigenvalue weighted by molar-refractivity contribution is 9.10. The maximum atomic E-state index is 12.4. The summed E-state index contributed by atoms with van der Waals surface area (Å²) in [4.78, 5) is 14.2. The van der Waals surface area contributed by atoms with Gasteiger partial charge in [-0.25, -0.2) is 0 Å². The number of halogens is 2. The van der Waals surface area contributed by atoms with Crippen LogP contribution < -0.4 is 5.32 Å². The molecule has 5 heteroatoms. The number of carbonyl (C=O) groups is 1. The van der Waals surface area contributed by atoms with Crippen molar-refractivity contribution in [1.29, 1.82) is 0 Å². The molecule has 0 radical (unpaired) electrons. The van der Waals surface area contributed by atoms with Gasteiger partial charge in [0, 0.05) is 24.5 Å². The van der Waals surface area contributed by atoms with Gasteiger partial charge in [-0.05, 0) is 55.5 Å². The molecule has 124 valence electrons. The second-order valence-electron chi connectivity index (χ2n) is 6.17. The Kier molecular flexibility index (Phi) is 8.44. The average molecular weight is 390 g/mol. The standard InChI is InChI=1S/C17H25BrN2O.ClH/c1-13(15-6-4-8-19-11-15)9-17(21)20(2)12-14-5-3-7-16(18)10-14;/h3,5,7,10,13,15,19H,4,6,8-9,11-12H2,1-2H3;1H. The Morgan fingerprint density at radius 1 is 1.50 bits per heavy atom. The first-order valence-electron chi connectivity index (χ1n) is 7.75. The predicted octanol–water partition coefficient (Wildman–Crippen LogP) is 3.86. The largest absolute Gasteiger partial charge is 0.341 e. The maximum Gasteiger partial charge on any atom is 0.222 e. The van der Waals surface area contributed by atoms with E-state index in [1.165, 1.54) is 12.8 Å². The van der Waals surface area contributed by atoms with Gasteiger partial charge >= 0.3 is 0 Å². The molecule has 0 spiro atoms. The Hall–Kier alpha value is -0.580. The van der Waals surface area contributed by atoms with Crippen LogP contribution in [0.15, 0.2) is 28.7 Å². The molecule has 0 bridgehead atoms. The molecular formula is C17H26BrClN2O. The first-order valence-corrected chi connectivity index (χ1v) is 8.54. The maximum absolute atomic E-state index is 12.4. The van der Waals surface area contributed by atoms with Crippen molar-refractivity contribution in [3.8, 4) is 0 Å². The molecule has 2 unspecified atom stereocenters. The van der Waals surface area contributed by atoms with Gasteiger partial charge in [0.2, 0.25) is 5.91 Å². The number of carbonyl (C=O) groups excluding carboxylic acids is 1. The van der Waals surface area contributed by atoms with Gasteiger partial charge in [0.15, 0.2) is 0 Å². The number of nitrogens with zero attached hydrogens (tertiary/aromatic N) is 1. The van der Waals surface area contributed by atoms with Crippen molar-refractivity contribution in [2.75, 3.05) is 20.1 Å². The lowest BCUT2D eigenvalue weighted by Gasteiger charge is -2.29. The van der Waals surface area contributed by atoms with E-state index in [4.69, 9.17) is 0 Å². The fourth-order valence-corrected chi connectivity index (χ4v) is 3.41. The molecule has 1 saturated heterocycles. The van der Waals surface area contributed by atoms with Crippen LogP contribution in [-0.4, -0.2) is 30.9 Å². The summed E-state index contributed by atoms with van der Waals surface area (Å²) < 4.78 is 1.06. The van der Waals surface area contributed by atoms with E-state index in [2.05, 4.69) is 40.3 Å². The molecule has 1 heterocycles. The molecule has 3 nitrogen and oxygen atoms in total. The van der Waals surface area contributed by atoms with E-state index in [0.29, 0.717) is 24.8 Å². The molecule has 1 fully saturated rings. The van der Waals surface area contributed by atoms with Crippen molar-refractivity contribution in [1.82, 2.24) is 10.2 Å². The molecule has 0 aliphatic carbocycles. The van der Waals surface area contributed by atoms with E-state index in [0.717, 1.165) is 23.1 Å². The van der Waals surface area contributed by atoms with E-state index in [1.807, 2.05) is 24.1 Å². The van der Waals surface area contributed by atoms with Crippen molar-refractivity contribution in [3.63, 3.8) is 0 Å². The molecule has 0 saturated carbocycles. The van der Waals surface area contributed by atoms with Crippen molar-refractivity contribution in [2.24, 2.45) is 11.8 Å². The molecule has 22 heavy (non-hydrogen) atoms. The fraction of sp³-hybridized carbons (Fsp3) is 0.588. The van der Waals surface area contributed by atoms with Crippen LogP contribution >= 0.6 is 28.3 Å². The zero-order valence-corrected chi connectivity index (χ0v) is 15.8. The second-order valence-corrected chi connectivity index (χ2v) is 7.08. The van der Waals surface area contributed by atoms with Crippen LogP contribution in [-0.2, 0) is 11.3 Å². The van der Waals surface area contributed by atoms with Gasteiger partial charge in [0.05, 0.1) is 0 Å². The summed E-state index contributed by atoms with van der Waals surface area (Å²) in [5, 5.41) is 3.43. The topological polar surface area (TPSA) is 32.3 Å². The van der Waals surface area contributed by atoms with Gasteiger partial charge in [-0.2, -0.15) is 0 Å². The van der Waals surface area contributed by atoms with E-state index < -0.39 is 0 Å². The number of piperidine rings is 1. The molecule has 1 N–H and O–H groups in total. The van der Waals surface area contributed by atoms with E-state index >= 15 is 0 Å². The molecule has 0 aromatic heterocycles. The number of hydrogen-bond acceptors (Lipinski definition) is 2. The summed E-state index contributed by atoms with van der Waals surface area (Å²) in [6.07, 6.45) is 3.13. The normalized spacial score (nSPS) is 19.1. The van der Waals surface area contributed by atoms with Gasteiger partial charge in [0.25, 0.3) is 0 Å². The number of amides is 1. The third-order valence-corrected chi connectivity index (χ3v) is 4.86. The lowest BCUT2D eigenvalue weighted by atomic mass is 9.85. The number of nitrogens with one attached hydrogen (secondary N) is 1. The fourth-order valence-electron chi connectivity index (χ4n) is 2.96. The Labute approximate surface area is 148 Å². The third kappa shape index (κ3) is 5.90. The molecular weight excluding hydrogens is 364 g/mol. The molecule has 1 aliphatic heterocycles. The Bertz CT molecular complexity index is 477. The summed E-state index contributed by atoms with van der Waals surface area (Å²) in [5.41, 5.74) is 1.16. The highest BCUT2D eigenvalue weighted by Gasteiger charge is 2.23. The molecule has 1 aromatic carbocycles. The van der Waals surface area contributed by atoms with Crippen molar-refractivity contribution in [3.05, 3.63) is 34.3 Å². The zero-order valence-electron chi connectivity index (χ0n) is 13.3. The predicted molar refractivity (Wildman–Crippen MR) is 97.2 cm³/mol. The zero-order chi connectivity index (χ0) is 15.2. The third-order valence-electron chi connectivity index (χ3n) is 4.37. The van der Waals surface area contributed by atoms with Crippen LogP contribution in [0, 0.1) is 11.8 Å². The summed E-state index contributed by atoms with van der Waals surface area (Å²) in [7, 11) is 1.90. The number of hydrogen-bond donors (Lipinski definition) is 1. The van der Waals surface area contributed by atoms with Crippen LogP contribution in [0.25, 0.3) is 0 Å². The highest BCUT2D eigenvalue weighted by atomic mass is 79.9. The van der Waals surface area contributed by atoms with Crippen LogP contribution in [0.4, 0.5) is 0 Å². The van der Waals surface area contributed by atoms with Crippen molar-refractivity contribution < 1.29 is 4.79 Å². The Morgan fingerprint density at radius 2 is 2.27 bits per heavy atom. The average Bonchev–Trinajstić information content (AvgIpc) is 2.48. The van der Waals surface area contributed by atoms with Crippen LogP contribution in [0.5, 0.6) is 0 Å². The summed E-state index contributed by atoms with van der Waals surface area (Å²) in [5.74, 6) is 1.34. The smallest absolute Gasteiger partial charge is 0.222 e. The summed E-state index contributed by atoms with van der Waals surface area (Å²) in [6, 6.07) is 8.14. The second kappa shape index (κ2) is 9.53. The van der Waals surface area contributed by atoms with Crippen LogP contribution in [0.2, 0.25) is 0 Å². The molecule has 2 atom stereocenters. The Balaban J connectivity index is 0.00000242. The van der Waals surface area contributed by atoms with Gasteiger partial charge < -0.3 is 10.2 Å². The molecule has 1 aromatic rings. The minimum absolute atomic E-state index is 0. The van der Waals surface area contributed by atoms with E-state index in [-0.39, 0.29) is 18.3 Å². The van der Waals surface area contributed by atoms with Gasteiger partial charge in [-0.1, -0.05) is 35.0 Å². The molecule has 2 rings (SSSR count). The minimum Gasteiger partial charge on any atom is -0.341 e. The summed E-state index contributed by atoms with van der Waals surface area (Å²) in [6.45, 7) is 5.07. The quantitative estimate of drug-likeness (QED) is 0.829. The van der Waals surface area contributed by atoms with Crippen LogP contribution in [0.1, 0.15) is 31.7 Å². The van der Waals surface area contributed by atoms with E-state index in [9.17, 15) is 4.79 Å². The first-order chi connectivity index (χ1) is 10.1. The number of benzene rings is 1. The molecule has 1 amide bonds. The molecule has 1 aliphatic rings. The first kappa shape index (κ1) is 19.5. The van der Waals surface area contributed by atoms with Crippen molar-refractivity contribution in [2.45, 2.75) is 32.7 Å². The summed E-state index contributed by atoms with van der Waals surface area (Å²) >= 11 is 3.47. The highest BCUT2D eigenvalue weighted by Crippen LogP contribution is 2.23. The van der Waals surface area contributed by atoms with Gasteiger partial charge in [0.1, 0.15) is 0 Å². The monoisotopic (exact) mass is 388 g/mol. The number of rotatable bonds is 5. The van der Waals surface area contributed by atoms with Gasteiger partial charge in [-0.15, -0.1) is 12.4 Å². The lowest BCUT2D eigenvalue weighted by molar-refractivity contribution is -0.131. The Morgan fingerprint density at radius 3 is 2.91 bits per heavy atom. The minimum atomic E-state index is 0.